The Kier molecular flexibility index (Phi) is 8.11. The van der Waals surface area contributed by atoms with Crippen LogP contribution in [-0.4, -0.2) is 69.5 Å². The number of thioether (sulfide) groups is 2. The molecule has 0 saturated carbocycles. The van der Waals surface area contributed by atoms with Crippen LogP contribution in [0.2, 0.25) is 0 Å². The van der Waals surface area contributed by atoms with Crippen molar-refractivity contribution in [3.8, 4) is 0 Å². The van der Waals surface area contributed by atoms with Crippen LogP contribution in [0.25, 0.3) is 11.0 Å². The Morgan fingerprint density at radius 2 is 2.00 bits per heavy atom. The van der Waals surface area contributed by atoms with Gasteiger partial charge in [-0.3, -0.25) is 4.79 Å². The van der Waals surface area contributed by atoms with Crippen LogP contribution in [0.4, 0.5) is 5.82 Å². The average molecular weight is 487 g/mol. The van der Waals surface area contributed by atoms with Crippen molar-refractivity contribution in [2.75, 3.05) is 43.5 Å². The SMILES string of the molecule is CCSc1ccccc1C(=O)NCCn1ncc2c(N3CCOCC3)nc(SC(C)C)nc21. The highest BCUT2D eigenvalue weighted by molar-refractivity contribution is 7.99. The second-order valence-electron chi connectivity index (χ2n) is 7.89. The number of morpholine rings is 1. The van der Waals surface area contributed by atoms with Crippen LogP contribution in [0.3, 0.4) is 0 Å². The molecule has 1 aliphatic heterocycles. The van der Waals surface area contributed by atoms with Crippen molar-refractivity contribution in [2.45, 2.75) is 42.6 Å². The van der Waals surface area contributed by atoms with Crippen molar-refractivity contribution in [1.82, 2.24) is 25.1 Å². The van der Waals surface area contributed by atoms with E-state index >= 15 is 0 Å². The summed E-state index contributed by atoms with van der Waals surface area (Å²) in [6.07, 6.45) is 1.83. The second-order valence-corrected chi connectivity index (χ2v) is 10.7. The van der Waals surface area contributed by atoms with Crippen molar-refractivity contribution in [2.24, 2.45) is 0 Å². The fourth-order valence-electron chi connectivity index (χ4n) is 3.67. The molecule has 1 saturated heterocycles. The first-order valence-electron chi connectivity index (χ1n) is 11.3. The summed E-state index contributed by atoms with van der Waals surface area (Å²) in [5.74, 6) is 1.76. The minimum Gasteiger partial charge on any atom is -0.378 e. The van der Waals surface area contributed by atoms with Gasteiger partial charge in [0.15, 0.2) is 10.8 Å². The molecule has 0 atom stereocenters. The van der Waals surface area contributed by atoms with E-state index in [9.17, 15) is 4.79 Å². The highest BCUT2D eigenvalue weighted by Gasteiger charge is 2.21. The zero-order valence-electron chi connectivity index (χ0n) is 19.3. The lowest BCUT2D eigenvalue weighted by Gasteiger charge is -2.28. The van der Waals surface area contributed by atoms with Gasteiger partial charge in [-0.2, -0.15) is 5.10 Å². The van der Waals surface area contributed by atoms with Crippen molar-refractivity contribution < 1.29 is 9.53 Å². The van der Waals surface area contributed by atoms with Crippen LogP contribution in [0.15, 0.2) is 40.5 Å². The van der Waals surface area contributed by atoms with E-state index in [-0.39, 0.29) is 5.91 Å². The highest BCUT2D eigenvalue weighted by atomic mass is 32.2. The minimum absolute atomic E-state index is 0.0669. The first-order valence-corrected chi connectivity index (χ1v) is 13.2. The van der Waals surface area contributed by atoms with E-state index < -0.39 is 0 Å². The fraction of sp³-hybridized carbons (Fsp3) is 0.478. The van der Waals surface area contributed by atoms with Crippen LogP contribution in [0.1, 0.15) is 31.1 Å². The van der Waals surface area contributed by atoms with Gasteiger partial charge in [0.1, 0.15) is 5.82 Å². The smallest absolute Gasteiger partial charge is 0.252 e. The van der Waals surface area contributed by atoms with Crippen molar-refractivity contribution >= 4 is 46.3 Å². The van der Waals surface area contributed by atoms with Crippen LogP contribution in [0.5, 0.6) is 0 Å². The number of anilines is 1. The van der Waals surface area contributed by atoms with Gasteiger partial charge in [0.05, 0.1) is 36.9 Å². The first kappa shape index (κ1) is 23.8. The van der Waals surface area contributed by atoms with Gasteiger partial charge in [-0.25, -0.2) is 14.6 Å². The quantitative estimate of drug-likeness (QED) is 0.362. The topological polar surface area (TPSA) is 85.2 Å². The Morgan fingerprint density at radius 3 is 2.76 bits per heavy atom. The maximum Gasteiger partial charge on any atom is 0.252 e. The Bertz CT molecular complexity index is 1100. The lowest BCUT2D eigenvalue weighted by Crippen LogP contribution is -2.37. The van der Waals surface area contributed by atoms with E-state index in [1.54, 1.807) is 23.5 Å². The monoisotopic (exact) mass is 486 g/mol. The summed E-state index contributed by atoms with van der Waals surface area (Å²) >= 11 is 3.32. The largest absolute Gasteiger partial charge is 0.378 e. The van der Waals surface area contributed by atoms with Crippen LogP contribution < -0.4 is 10.2 Å². The van der Waals surface area contributed by atoms with E-state index in [0.717, 1.165) is 45.7 Å². The predicted molar refractivity (Wildman–Crippen MR) is 135 cm³/mol. The highest BCUT2D eigenvalue weighted by Crippen LogP contribution is 2.29. The average Bonchev–Trinajstić information content (AvgIpc) is 3.22. The number of amides is 1. The third kappa shape index (κ3) is 5.80. The molecule has 3 heterocycles. The van der Waals surface area contributed by atoms with Crippen LogP contribution >= 0.6 is 23.5 Å². The number of rotatable bonds is 9. The number of benzene rings is 1. The van der Waals surface area contributed by atoms with Gasteiger partial charge in [-0.1, -0.05) is 44.7 Å². The summed E-state index contributed by atoms with van der Waals surface area (Å²) in [5, 5.41) is 9.67. The normalized spacial score (nSPS) is 14.2. The van der Waals surface area contributed by atoms with Crippen molar-refractivity contribution in [3.05, 3.63) is 36.0 Å². The molecular weight excluding hydrogens is 456 g/mol. The Labute approximate surface area is 202 Å². The molecule has 176 valence electrons. The number of nitrogens with zero attached hydrogens (tertiary/aromatic N) is 5. The molecule has 10 heteroatoms. The first-order chi connectivity index (χ1) is 16.1. The number of carbonyl (C=O) groups excluding carboxylic acids is 1. The summed E-state index contributed by atoms with van der Waals surface area (Å²) < 4.78 is 7.38. The summed E-state index contributed by atoms with van der Waals surface area (Å²) in [5.41, 5.74) is 1.51. The summed E-state index contributed by atoms with van der Waals surface area (Å²) in [6.45, 7) is 10.3. The van der Waals surface area contributed by atoms with E-state index in [0.29, 0.717) is 37.1 Å². The van der Waals surface area contributed by atoms with Gasteiger partial charge in [-0.15, -0.1) is 11.8 Å². The van der Waals surface area contributed by atoms with E-state index in [4.69, 9.17) is 14.7 Å². The molecule has 33 heavy (non-hydrogen) atoms. The molecule has 0 unspecified atom stereocenters. The van der Waals surface area contributed by atoms with Gasteiger partial charge >= 0.3 is 0 Å². The number of hydrogen-bond donors (Lipinski definition) is 1. The summed E-state index contributed by atoms with van der Waals surface area (Å²) in [4.78, 5) is 25.7. The minimum atomic E-state index is -0.0669. The molecular formula is C23H30N6O2S2. The van der Waals surface area contributed by atoms with Gasteiger partial charge in [0.25, 0.3) is 5.91 Å². The predicted octanol–water partition coefficient (Wildman–Crippen LogP) is 3.71. The third-order valence-corrected chi connectivity index (χ3v) is 6.97. The second kappa shape index (κ2) is 11.2. The van der Waals surface area contributed by atoms with Crippen molar-refractivity contribution in [1.29, 1.82) is 0 Å². The zero-order valence-corrected chi connectivity index (χ0v) is 20.9. The molecule has 4 rings (SSSR count). The van der Waals surface area contributed by atoms with Gasteiger partial charge in [-0.05, 0) is 17.9 Å². The molecule has 0 bridgehead atoms. The molecule has 0 spiro atoms. The van der Waals surface area contributed by atoms with E-state index in [1.807, 2.05) is 35.1 Å². The molecule has 0 radical (unpaired) electrons. The summed E-state index contributed by atoms with van der Waals surface area (Å²) in [7, 11) is 0. The number of aromatic nitrogens is 4. The number of ether oxygens (including phenoxy) is 1. The Hall–Kier alpha value is -2.30. The maximum atomic E-state index is 12.8. The number of hydrogen-bond acceptors (Lipinski definition) is 8. The number of fused-ring (bicyclic) bond motifs is 1. The summed E-state index contributed by atoms with van der Waals surface area (Å²) in [6, 6.07) is 7.72. The lowest BCUT2D eigenvalue weighted by atomic mass is 10.2. The number of carbonyl (C=O) groups is 1. The van der Waals surface area contributed by atoms with Gasteiger partial charge < -0.3 is 15.0 Å². The molecule has 0 aliphatic carbocycles. The Morgan fingerprint density at radius 1 is 1.21 bits per heavy atom. The third-order valence-electron chi connectivity index (χ3n) is 5.15. The molecule has 1 amide bonds. The molecule has 1 N–H and O–H groups in total. The lowest BCUT2D eigenvalue weighted by molar-refractivity contribution is 0.0949. The fourth-order valence-corrected chi connectivity index (χ4v) is 5.17. The standard InChI is InChI=1S/C23H30N6O2S2/c1-4-32-19-8-6-5-7-17(19)22(30)24-9-10-29-21-18(15-25-29)20(28-11-13-31-14-12-28)26-23(27-21)33-16(2)3/h5-8,15-16H,4,9-14H2,1-3H3,(H,24,30). The molecule has 2 aromatic heterocycles. The molecule has 1 fully saturated rings. The van der Waals surface area contributed by atoms with E-state index in [1.165, 1.54) is 0 Å². The maximum absolute atomic E-state index is 12.8. The molecule has 1 aromatic carbocycles. The van der Waals surface area contributed by atoms with Crippen LogP contribution in [0, 0.1) is 0 Å². The molecule has 1 aliphatic rings. The van der Waals surface area contributed by atoms with Gasteiger partial charge in [0, 0.05) is 29.8 Å². The zero-order chi connectivity index (χ0) is 23.2. The Balaban J connectivity index is 1.52. The molecule has 8 nitrogen and oxygen atoms in total. The number of nitrogens with one attached hydrogen (secondary N) is 1. The van der Waals surface area contributed by atoms with E-state index in [2.05, 4.69) is 36.1 Å². The van der Waals surface area contributed by atoms with Crippen LogP contribution in [-0.2, 0) is 11.3 Å². The van der Waals surface area contributed by atoms with Gasteiger partial charge in [0.2, 0.25) is 0 Å². The molecule has 3 aromatic rings. The van der Waals surface area contributed by atoms with Crippen molar-refractivity contribution in [3.63, 3.8) is 0 Å².